The van der Waals surface area contributed by atoms with Crippen molar-refractivity contribution in [1.82, 2.24) is 0 Å². The van der Waals surface area contributed by atoms with E-state index in [2.05, 4.69) is 0 Å². The number of hydrogen-bond acceptors (Lipinski definition) is 4. The highest BCUT2D eigenvalue weighted by Gasteiger charge is 2.08. The summed E-state index contributed by atoms with van der Waals surface area (Å²) in [4.78, 5) is 13.1. The highest BCUT2D eigenvalue weighted by atomic mass is 32.2. The molecule has 1 aromatic heterocycles. The summed E-state index contributed by atoms with van der Waals surface area (Å²) in [7, 11) is -3.22. The van der Waals surface area contributed by atoms with E-state index < -0.39 is 9.84 Å². The van der Waals surface area contributed by atoms with Crippen molar-refractivity contribution < 1.29 is 13.2 Å². The average Bonchev–Trinajstić information content (AvgIpc) is 2.88. The van der Waals surface area contributed by atoms with E-state index in [4.69, 9.17) is 0 Å². The molecule has 0 spiro atoms. The first kappa shape index (κ1) is 13.7. The molecule has 0 atom stereocenters. The zero-order valence-electron chi connectivity index (χ0n) is 10.2. The summed E-state index contributed by atoms with van der Waals surface area (Å²) >= 11 is 1.55. The molecule has 0 unspecified atom stereocenters. The minimum atomic E-state index is -3.22. The normalized spacial score (nSPS) is 11.8. The predicted octanol–water partition coefficient (Wildman–Crippen LogP) is 3.05. The first-order valence-electron chi connectivity index (χ1n) is 5.53. The van der Waals surface area contributed by atoms with Gasteiger partial charge in [0.05, 0.1) is 4.90 Å². The maximum absolute atomic E-state index is 11.9. The molecule has 0 radical (unpaired) electrons. The van der Waals surface area contributed by atoms with Crippen molar-refractivity contribution >= 4 is 33.0 Å². The van der Waals surface area contributed by atoms with Gasteiger partial charge in [0.2, 0.25) is 0 Å². The lowest BCUT2D eigenvalue weighted by Gasteiger charge is -1.99. The van der Waals surface area contributed by atoms with Crippen LogP contribution in [0.1, 0.15) is 15.2 Å². The number of thiophene rings is 1. The Morgan fingerprint density at radius 3 is 2.37 bits per heavy atom. The second-order valence-corrected chi connectivity index (χ2v) is 7.00. The third kappa shape index (κ3) is 3.62. The second kappa shape index (κ2) is 5.50. The summed E-state index contributed by atoms with van der Waals surface area (Å²) in [6.45, 7) is 0. The summed E-state index contributed by atoms with van der Waals surface area (Å²) in [5, 5.41) is 1.94. The number of rotatable bonds is 4. The van der Waals surface area contributed by atoms with Crippen LogP contribution >= 0.6 is 11.3 Å². The summed E-state index contributed by atoms with van der Waals surface area (Å²) in [6, 6.07) is 9.77. The minimum absolute atomic E-state index is 0.145. The molecule has 1 heterocycles. The van der Waals surface area contributed by atoms with E-state index in [0.29, 0.717) is 5.56 Å². The molecular weight excluding hydrogens is 280 g/mol. The Hall–Kier alpha value is -1.72. The highest BCUT2D eigenvalue weighted by Crippen LogP contribution is 2.13. The Balaban J connectivity index is 2.17. The van der Waals surface area contributed by atoms with E-state index in [9.17, 15) is 13.2 Å². The van der Waals surface area contributed by atoms with Gasteiger partial charge < -0.3 is 0 Å². The van der Waals surface area contributed by atoms with Crippen molar-refractivity contribution in [1.29, 1.82) is 0 Å². The molecule has 98 valence electrons. The molecule has 0 aliphatic heterocycles. The number of hydrogen-bond donors (Lipinski definition) is 0. The van der Waals surface area contributed by atoms with Crippen molar-refractivity contribution in [3.8, 4) is 0 Å². The van der Waals surface area contributed by atoms with Crippen LogP contribution in [0, 0.1) is 0 Å². The number of carbonyl (C=O) groups excluding carboxylic acids is 1. The van der Waals surface area contributed by atoms with E-state index in [-0.39, 0.29) is 10.7 Å². The van der Waals surface area contributed by atoms with Crippen LogP contribution in [0.4, 0.5) is 0 Å². The van der Waals surface area contributed by atoms with Crippen molar-refractivity contribution in [2.75, 3.05) is 6.26 Å². The number of sulfone groups is 1. The second-order valence-electron chi connectivity index (χ2n) is 4.01. The Morgan fingerprint density at radius 1 is 1.16 bits per heavy atom. The fourth-order valence-corrected chi connectivity index (χ4v) is 2.76. The average molecular weight is 292 g/mol. The summed E-state index contributed by atoms with van der Waals surface area (Å²) in [5.74, 6) is -0.145. The first-order valence-corrected chi connectivity index (χ1v) is 8.30. The number of carbonyl (C=O) groups is 1. The zero-order chi connectivity index (χ0) is 13.9. The van der Waals surface area contributed by atoms with Gasteiger partial charge in [0.25, 0.3) is 0 Å². The molecule has 0 N–H and O–H groups in total. The minimum Gasteiger partial charge on any atom is -0.289 e. The molecule has 0 fully saturated rings. The zero-order valence-corrected chi connectivity index (χ0v) is 11.9. The smallest absolute Gasteiger partial charge is 0.185 e. The van der Waals surface area contributed by atoms with Crippen LogP contribution in [0.2, 0.25) is 0 Å². The molecule has 19 heavy (non-hydrogen) atoms. The fraction of sp³-hybridized carbons (Fsp3) is 0.0714. The SMILES string of the molecule is CS(=O)(=O)c1ccc(C(=O)C=Cc2cccs2)cc1. The molecule has 3 nitrogen and oxygen atoms in total. The van der Waals surface area contributed by atoms with Gasteiger partial charge >= 0.3 is 0 Å². The third-order valence-corrected chi connectivity index (χ3v) is 4.48. The Morgan fingerprint density at radius 2 is 1.84 bits per heavy atom. The van der Waals surface area contributed by atoms with Crippen molar-refractivity contribution in [3.63, 3.8) is 0 Å². The van der Waals surface area contributed by atoms with Gasteiger partial charge in [-0.3, -0.25) is 4.79 Å². The molecule has 2 aromatic rings. The monoisotopic (exact) mass is 292 g/mol. The molecule has 0 saturated carbocycles. The maximum atomic E-state index is 11.9. The van der Waals surface area contributed by atoms with Crippen LogP contribution in [0.5, 0.6) is 0 Å². The Kier molecular flexibility index (Phi) is 3.97. The lowest BCUT2D eigenvalue weighted by Crippen LogP contribution is -1.99. The van der Waals surface area contributed by atoms with E-state index in [1.54, 1.807) is 17.4 Å². The lowest BCUT2D eigenvalue weighted by molar-refractivity contribution is 0.104. The molecule has 5 heteroatoms. The molecule has 0 aliphatic rings. The van der Waals surface area contributed by atoms with Crippen molar-refractivity contribution in [2.24, 2.45) is 0 Å². The van der Waals surface area contributed by atoms with Gasteiger partial charge in [-0.1, -0.05) is 6.07 Å². The lowest BCUT2D eigenvalue weighted by atomic mass is 10.1. The number of allylic oxidation sites excluding steroid dienone is 1. The van der Waals surface area contributed by atoms with Crippen molar-refractivity contribution in [3.05, 3.63) is 58.3 Å². The Bertz CT molecular complexity index is 694. The van der Waals surface area contributed by atoms with Crippen molar-refractivity contribution in [2.45, 2.75) is 4.90 Å². The molecule has 1 aromatic carbocycles. The predicted molar refractivity (Wildman–Crippen MR) is 77.2 cm³/mol. The van der Waals surface area contributed by atoms with Gasteiger partial charge in [-0.2, -0.15) is 0 Å². The van der Waals surface area contributed by atoms with Gasteiger partial charge in [0, 0.05) is 16.7 Å². The van der Waals surface area contributed by atoms with Crippen LogP contribution in [0.3, 0.4) is 0 Å². The van der Waals surface area contributed by atoms with Gasteiger partial charge in [-0.05, 0) is 47.9 Å². The standard InChI is InChI=1S/C14H12O3S2/c1-19(16,17)13-7-4-11(5-8-13)14(15)9-6-12-3-2-10-18-12/h2-10H,1H3. The molecule has 0 aliphatic carbocycles. The Labute approximate surface area is 116 Å². The van der Waals surface area contributed by atoms with E-state index in [0.717, 1.165) is 11.1 Å². The topological polar surface area (TPSA) is 51.2 Å². The third-order valence-electron chi connectivity index (χ3n) is 2.51. The maximum Gasteiger partial charge on any atom is 0.185 e. The number of ketones is 1. The van der Waals surface area contributed by atoms with E-state index in [1.807, 2.05) is 17.5 Å². The van der Waals surface area contributed by atoms with Crippen LogP contribution in [-0.4, -0.2) is 20.5 Å². The molecular formula is C14H12O3S2. The van der Waals surface area contributed by atoms with E-state index >= 15 is 0 Å². The molecule has 0 bridgehead atoms. The molecule has 2 rings (SSSR count). The van der Waals surface area contributed by atoms with Crippen LogP contribution in [0.15, 0.2) is 52.7 Å². The van der Waals surface area contributed by atoms with Gasteiger partial charge in [0.15, 0.2) is 15.6 Å². The number of benzene rings is 1. The van der Waals surface area contributed by atoms with Crippen LogP contribution < -0.4 is 0 Å². The highest BCUT2D eigenvalue weighted by molar-refractivity contribution is 7.90. The summed E-state index contributed by atoms with van der Waals surface area (Å²) in [5.41, 5.74) is 0.472. The fourth-order valence-electron chi connectivity index (χ4n) is 1.51. The summed E-state index contributed by atoms with van der Waals surface area (Å²) < 4.78 is 22.6. The first-order chi connectivity index (χ1) is 8.97. The molecule has 0 saturated heterocycles. The van der Waals surface area contributed by atoms with Crippen LogP contribution in [-0.2, 0) is 9.84 Å². The molecule has 0 amide bonds. The largest absolute Gasteiger partial charge is 0.289 e. The van der Waals surface area contributed by atoms with Crippen LogP contribution in [0.25, 0.3) is 6.08 Å². The summed E-state index contributed by atoms with van der Waals surface area (Å²) in [6.07, 6.45) is 4.37. The van der Waals surface area contributed by atoms with Gasteiger partial charge in [0.1, 0.15) is 0 Å². The van der Waals surface area contributed by atoms with E-state index in [1.165, 1.54) is 30.3 Å². The quantitative estimate of drug-likeness (QED) is 0.643. The van der Waals surface area contributed by atoms with Gasteiger partial charge in [-0.15, -0.1) is 11.3 Å². The van der Waals surface area contributed by atoms with Gasteiger partial charge in [-0.25, -0.2) is 8.42 Å².